The lowest BCUT2D eigenvalue weighted by atomic mass is 10.2. The monoisotopic (exact) mass is 192 g/mol. The van der Waals surface area contributed by atoms with Gasteiger partial charge in [-0.05, 0) is 27.3 Å². The molecule has 0 bridgehead atoms. The molecule has 0 amide bonds. The quantitative estimate of drug-likeness (QED) is 0.774. The van der Waals surface area contributed by atoms with Crippen LogP contribution in [0.4, 0.5) is 0 Å². The van der Waals surface area contributed by atoms with E-state index in [0.29, 0.717) is 0 Å². The summed E-state index contributed by atoms with van der Waals surface area (Å²) >= 11 is 0. The number of hydrogen-bond donors (Lipinski definition) is 1. The van der Waals surface area contributed by atoms with Crippen molar-refractivity contribution < 1.29 is 0 Å². The van der Waals surface area contributed by atoms with Gasteiger partial charge >= 0.3 is 0 Å². The fourth-order valence-corrected chi connectivity index (χ4v) is 1.31. The lowest BCUT2D eigenvalue weighted by Crippen LogP contribution is -2.24. The fraction of sp³-hybridized carbons (Fsp3) is 0.600. The second kappa shape index (κ2) is 4.77. The average molecular weight is 192 g/mol. The normalized spacial score (nSPS) is 12.4. The Morgan fingerprint density at radius 3 is 2.79 bits per heavy atom. The van der Waals surface area contributed by atoms with Crippen LogP contribution in [0.25, 0.3) is 0 Å². The number of nitrogens with one attached hydrogen (secondary N) is 1. The molecule has 1 aromatic rings. The molecule has 0 spiro atoms. The first-order valence-electron chi connectivity index (χ1n) is 4.74. The van der Waals surface area contributed by atoms with E-state index in [1.165, 1.54) is 5.69 Å². The van der Waals surface area contributed by atoms with Crippen LogP contribution in [0.15, 0.2) is 6.33 Å². The topological polar surface area (TPSA) is 53.6 Å². The van der Waals surface area contributed by atoms with Crippen molar-refractivity contribution in [2.24, 2.45) is 0 Å². The van der Waals surface area contributed by atoms with Gasteiger partial charge < -0.3 is 9.88 Å². The van der Waals surface area contributed by atoms with E-state index in [9.17, 15) is 0 Å². The van der Waals surface area contributed by atoms with Gasteiger partial charge in [-0.25, -0.2) is 4.98 Å². The zero-order valence-electron chi connectivity index (χ0n) is 8.91. The van der Waals surface area contributed by atoms with Crippen molar-refractivity contribution in [3.05, 3.63) is 17.7 Å². The first-order chi connectivity index (χ1) is 6.69. The summed E-state index contributed by atoms with van der Waals surface area (Å²) in [5.74, 6) is 0. The van der Waals surface area contributed by atoms with Crippen molar-refractivity contribution >= 4 is 0 Å². The van der Waals surface area contributed by atoms with Crippen LogP contribution >= 0.6 is 0 Å². The molecule has 4 nitrogen and oxygen atoms in total. The van der Waals surface area contributed by atoms with E-state index in [0.717, 1.165) is 18.7 Å². The predicted octanol–water partition coefficient (Wildman–Crippen LogP) is 1.00. The molecular formula is C10H16N4. The molecule has 1 N–H and O–H groups in total. The molecule has 1 aromatic heterocycles. The number of nitrogens with zero attached hydrogens (tertiary/aromatic N) is 3. The highest BCUT2D eigenvalue weighted by atomic mass is 15.1. The Labute approximate surface area is 84.6 Å². The lowest BCUT2D eigenvalue weighted by Gasteiger charge is -2.09. The van der Waals surface area contributed by atoms with Crippen LogP contribution in [-0.2, 0) is 6.54 Å². The molecule has 1 unspecified atom stereocenters. The number of nitriles is 1. The third kappa shape index (κ3) is 2.33. The number of imidazole rings is 1. The summed E-state index contributed by atoms with van der Waals surface area (Å²) in [7, 11) is 1.81. The van der Waals surface area contributed by atoms with Crippen molar-refractivity contribution in [3.63, 3.8) is 0 Å². The molecule has 14 heavy (non-hydrogen) atoms. The molecule has 0 radical (unpaired) electrons. The summed E-state index contributed by atoms with van der Waals surface area (Å²) < 4.78 is 2.08. The minimum atomic E-state index is -0.0721. The van der Waals surface area contributed by atoms with Crippen LogP contribution in [0.2, 0.25) is 0 Å². The molecule has 0 aromatic carbocycles. The van der Waals surface area contributed by atoms with E-state index in [4.69, 9.17) is 5.26 Å². The Hall–Kier alpha value is -1.34. The van der Waals surface area contributed by atoms with Gasteiger partial charge in [0.2, 0.25) is 0 Å². The van der Waals surface area contributed by atoms with Crippen LogP contribution in [0.5, 0.6) is 0 Å². The van der Waals surface area contributed by atoms with Gasteiger partial charge in [0, 0.05) is 12.2 Å². The average Bonchev–Trinajstić information content (AvgIpc) is 2.51. The fourth-order valence-electron chi connectivity index (χ4n) is 1.31. The van der Waals surface area contributed by atoms with E-state index in [1.807, 2.05) is 20.2 Å². The van der Waals surface area contributed by atoms with E-state index >= 15 is 0 Å². The van der Waals surface area contributed by atoms with Gasteiger partial charge in [0.05, 0.1) is 24.1 Å². The minimum Gasteiger partial charge on any atom is -0.335 e. The van der Waals surface area contributed by atoms with E-state index in [2.05, 4.69) is 20.9 Å². The number of rotatable bonds is 4. The SMILES string of the molecule is CNC(C#N)CCn1cnc(C)c1C. The smallest absolute Gasteiger partial charge is 0.0967 e. The molecule has 0 saturated heterocycles. The summed E-state index contributed by atoms with van der Waals surface area (Å²) in [5.41, 5.74) is 2.24. The second-order valence-corrected chi connectivity index (χ2v) is 3.37. The van der Waals surface area contributed by atoms with Gasteiger partial charge in [-0.1, -0.05) is 0 Å². The molecule has 0 aliphatic heterocycles. The van der Waals surface area contributed by atoms with Gasteiger partial charge in [-0.3, -0.25) is 0 Å². The molecule has 0 aliphatic carbocycles. The van der Waals surface area contributed by atoms with E-state index in [1.54, 1.807) is 7.05 Å². The standard InChI is InChI=1S/C10H16N4/c1-8-9(2)14(7-13-8)5-4-10(6-11)12-3/h7,10,12H,4-5H2,1-3H3. The Morgan fingerprint density at radius 1 is 1.64 bits per heavy atom. The molecule has 0 saturated carbocycles. The molecule has 76 valence electrons. The van der Waals surface area contributed by atoms with Crippen LogP contribution in [-0.4, -0.2) is 22.6 Å². The Morgan fingerprint density at radius 2 is 2.36 bits per heavy atom. The number of aromatic nitrogens is 2. The zero-order valence-corrected chi connectivity index (χ0v) is 8.91. The van der Waals surface area contributed by atoms with E-state index < -0.39 is 0 Å². The minimum absolute atomic E-state index is 0.0721. The summed E-state index contributed by atoms with van der Waals surface area (Å²) in [5, 5.41) is 11.7. The summed E-state index contributed by atoms with van der Waals surface area (Å²) in [6, 6.07) is 2.13. The number of aryl methyl sites for hydroxylation is 2. The van der Waals surface area contributed by atoms with Gasteiger partial charge in [-0.15, -0.1) is 0 Å². The predicted molar refractivity (Wildman–Crippen MR) is 54.8 cm³/mol. The second-order valence-electron chi connectivity index (χ2n) is 3.37. The van der Waals surface area contributed by atoms with Gasteiger partial charge in [-0.2, -0.15) is 5.26 Å². The summed E-state index contributed by atoms with van der Waals surface area (Å²) in [6.45, 7) is 4.88. The van der Waals surface area contributed by atoms with Gasteiger partial charge in [0.25, 0.3) is 0 Å². The van der Waals surface area contributed by atoms with Crippen molar-refractivity contribution in [2.45, 2.75) is 32.9 Å². The molecule has 0 aliphatic rings. The lowest BCUT2D eigenvalue weighted by molar-refractivity contribution is 0.545. The summed E-state index contributed by atoms with van der Waals surface area (Å²) in [4.78, 5) is 4.21. The van der Waals surface area contributed by atoms with Crippen LogP contribution in [0.3, 0.4) is 0 Å². The third-order valence-electron chi connectivity index (χ3n) is 2.51. The Bertz CT molecular complexity index is 334. The molecular weight excluding hydrogens is 176 g/mol. The van der Waals surface area contributed by atoms with E-state index in [-0.39, 0.29) is 6.04 Å². The van der Waals surface area contributed by atoms with Gasteiger partial charge in [0.15, 0.2) is 0 Å². The first-order valence-corrected chi connectivity index (χ1v) is 4.74. The number of hydrogen-bond acceptors (Lipinski definition) is 3. The third-order valence-corrected chi connectivity index (χ3v) is 2.51. The highest BCUT2D eigenvalue weighted by molar-refractivity contribution is 5.08. The van der Waals surface area contributed by atoms with Crippen molar-refractivity contribution in [2.75, 3.05) is 7.05 Å². The Kier molecular flexibility index (Phi) is 3.66. The van der Waals surface area contributed by atoms with Gasteiger partial charge in [0.1, 0.15) is 0 Å². The van der Waals surface area contributed by atoms with Crippen LogP contribution < -0.4 is 5.32 Å². The van der Waals surface area contributed by atoms with Crippen LogP contribution in [0.1, 0.15) is 17.8 Å². The molecule has 1 heterocycles. The maximum absolute atomic E-state index is 8.74. The highest BCUT2D eigenvalue weighted by Crippen LogP contribution is 2.05. The molecule has 4 heteroatoms. The first kappa shape index (κ1) is 10.7. The molecule has 0 fully saturated rings. The van der Waals surface area contributed by atoms with Crippen molar-refractivity contribution in [1.82, 2.24) is 14.9 Å². The van der Waals surface area contributed by atoms with Crippen molar-refractivity contribution in [3.8, 4) is 6.07 Å². The van der Waals surface area contributed by atoms with Crippen molar-refractivity contribution in [1.29, 1.82) is 5.26 Å². The molecule has 1 rings (SSSR count). The highest BCUT2D eigenvalue weighted by Gasteiger charge is 2.06. The maximum atomic E-state index is 8.74. The summed E-state index contributed by atoms with van der Waals surface area (Å²) in [6.07, 6.45) is 2.64. The zero-order chi connectivity index (χ0) is 10.6. The Balaban J connectivity index is 2.54. The van der Waals surface area contributed by atoms with Crippen LogP contribution in [0, 0.1) is 25.2 Å². The molecule has 1 atom stereocenters. The largest absolute Gasteiger partial charge is 0.335 e. The maximum Gasteiger partial charge on any atom is 0.0967 e.